The van der Waals surface area contributed by atoms with E-state index in [0.717, 1.165) is 65.6 Å². The number of rotatable bonds is 37. The molecule has 0 unspecified atom stereocenters. The van der Waals surface area contributed by atoms with Gasteiger partial charge >= 0.3 is 5.97 Å². The summed E-state index contributed by atoms with van der Waals surface area (Å²) in [6.45, 7) is 7.54. The van der Waals surface area contributed by atoms with Crippen LogP contribution in [0.5, 0.6) is 34.5 Å². The highest BCUT2D eigenvalue weighted by Crippen LogP contribution is 2.31. The number of carbonyl (C=O) groups excluding carboxylic acids is 1. The Hall–Kier alpha value is -5.63. The van der Waals surface area contributed by atoms with Gasteiger partial charge in [0.15, 0.2) is 11.5 Å². The van der Waals surface area contributed by atoms with Crippen LogP contribution in [0.1, 0.15) is 175 Å². The van der Waals surface area contributed by atoms with Crippen molar-refractivity contribution in [3.05, 3.63) is 143 Å². The Balaban J connectivity index is 1.09. The summed E-state index contributed by atoms with van der Waals surface area (Å²) in [7, 11) is 1.37. The topological polar surface area (TPSA) is 81.7 Å². The van der Waals surface area contributed by atoms with Gasteiger partial charge in [-0.05, 0) is 108 Å². The third-order valence-electron chi connectivity index (χ3n) is 12.2. The minimum atomic E-state index is -0.376. The van der Waals surface area contributed by atoms with Crippen LogP contribution in [0.2, 0.25) is 0 Å². The number of hydrogen-bond donors (Lipinski definition) is 0. The van der Waals surface area contributed by atoms with E-state index in [1.807, 2.05) is 66.7 Å². The Kier molecular flexibility index (Phi) is 25.9. The molecule has 0 aromatic heterocycles. The fraction of sp³-hybridized carbons (Fsp3) is 0.483. The number of hydrogen-bond acceptors (Lipinski definition) is 8. The lowest BCUT2D eigenvalue weighted by atomic mass is 10.1. The number of ether oxygens (including phenoxy) is 7. The summed E-state index contributed by atoms with van der Waals surface area (Å²) in [5, 5.41) is 0. The quantitative estimate of drug-likeness (QED) is 0.0288. The van der Waals surface area contributed by atoms with Gasteiger partial charge in [-0.2, -0.15) is 0 Å². The van der Waals surface area contributed by atoms with E-state index in [4.69, 9.17) is 33.2 Å². The monoisotopic (exact) mass is 929 g/mol. The van der Waals surface area contributed by atoms with Gasteiger partial charge in [0, 0.05) is 0 Å². The zero-order valence-corrected chi connectivity index (χ0v) is 41.6. The SMILES string of the molecule is CCCCCCCCCCCCOc1ccc(COc2ccc(COc3ccc(COc4ccc(C(=O)OC)cc4)cc3)cc2OCc2ccc(OCCCCCCCCCCCC)cc2)cc1. The molecule has 0 saturated carbocycles. The molecule has 0 amide bonds. The van der Waals surface area contributed by atoms with Crippen LogP contribution < -0.4 is 28.4 Å². The van der Waals surface area contributed by atoms with Crippen molar-refractivity contribution in [1.29, 1.82) is 0 Å². The molecule has 0 aliphatic heterocycles. The highest BCUT2D eigenvalue weighted by Gasteiger charge is 2.11. The van der Waals surface area contributed by atoms with Gasteiger partial charge in [-0.3, -0.25) is 0 Å². The van der Waals surface area contributed by atoms with Crippen molar-refractivity contribution >= 4 is 5.97 Å². The average molecular weight is 929 g/mol. The molecule has 5 aromatic carbocycles. The Morgan fingerprint density at radius 2 is 0.662 bits per heavy atom. The van der Waals surface area contributed by atoms with Gasteiger partial charge in [0.05, 0.1) is 25.9 Å². The largest absolute Gasteiger partial charge is 0.494 e. The molecule has 0 atom stereocenters. The minimum Gasteiger partial charge on any atom is -0.494 e. The molecule has 8 heteroatoms. The first-order valence-electron chi connectivity index (χ1n) is 25.9. The zero-order chi connectivity index (χ0) is 47.7. The molecule has 368 valence electrons. The van der Waals surface area contributed by atoms with Gasteiger partial charge in [-0.15, -0.1) is 0 Å². The highest BCUT2D eigenvalue weighted by atomic mass is 16.5. The molecule has 0 N–H and O–H groups in total. The van der Waals surface area contributed by atoms with Gasteiger partial charge in [0.2, 0.25) is 0 Å². The van der Waals surface area contributed by atoms with E-state index in [1.165, 1.54) is 123 Å². The first-order valence-corrected chi connectivity index (χ1v) is 25.9. The van der Waals surface area contributed by atoms with Crippen LogP contribution in [-0.2, 0) is 31.2 Å². The molecule has 0 bridgehead atoms. The van der Waals surface area contributed by atoms with Crippen LogP contribution in [0.25, 0.3) is 0 Å². The third kappa shape index (κ3) is 21.5. The fourth-order valence-corrected chi connectivity index (χ4v) is 7.94. The fourth-order valence-electron chi connectivity index (χ4n) is 7.94. The maximum Gasteiger partial charge on any atom is 0.337 e. The van der Waals surface area contributed by atoms with E-state index < -0.39 is 0 Å². The summed E-state index contributed by atoms with van der Waals surface area (Å²) < 4.78 is 41.9. The van der Waals surface area contributed by atoms with E-state index in [2.05, 4.69) is 38.1 Å². The first kappa shape index (κ1) is 53.3. The van der Waals surface area contributed by atoms with E-state index in [1.54, 1.807) is 24.3 Å². The lowest BCUT2D eigenvalue weighted by Gasteiger charge is -2.16. The second-order valence-electron chi connectivity index (χ2n) is 17.9. The van der Waals surface area contributed by atoms with E-state index >= 15 is 0 Å². The highest BCUT2D eigenvalue weighted by molar-refractivity contribution is 5.89. The van der Waals surface area contributed by atoms with Crippen molar-refractivity contribution in [1.82, 2.24) is 0 Å². The van der Waals surface area contributed by atoms with Crippen molar-refractivity contribution < 1.29 is 38.0 Å². The van der Waals surface area contributed by atoms with E-state index in [0.29, 0.717) is 49.2 Å². The smallest absolute Gasteiger partial charge is 0.337 e. The number of unbranched alkanes of at least 4 members (excludes halogenated alkanes) is 18. The first-order chi connectivity index (χ1) is 33.5. The maximum atomic E-state index is 11.7. The van der Waals surface area contributed by atoms with Crippen LogP contribution in [0, 0.1) is 0 Å². The summed E-state index contributed by atoms with van der Waals surface area (Å²) in [6, 6.07) is 37.1. The number of methoxy groups -OCH3 is 1. The standard InChI is InChI=1S/C60H80O8/c1-4-6-8-10-12-14-16-18-20-22-42-63-54-33-24-50(25-34-54)46-67-58-41-30-52(48-66-56-37-28-49(29-38-56)45-65-57-39-31-53(32-40-57)60(61)62-3)44-59(58)68-47-51-26-35-55(36-27-51)64-43-23-21-19-17-15-13-11-9-7-5-2/h24-41,44H,4-23,42-43,45-48H2,1-3H3. The van der Waals surface area contributed by atoms with Gasteiger partial charge in [0.25, 0.3) is 0 Å². The number of benzene rings is 5. The molecule has 0 radical (unpaired) electrons. The van der Waals surface area contributed by atoms with Crippen molar-refractivity contribution in [2.75, 3.05) is 20.3 Å². The maximum absolute atomic E-state index is 11.7. The summed E-state index contributed by atoms with van der Waals surface area (Å²) in [6.07, 6.45) is 26.2. The molecule has 0 fully saturated rings. The lowest BCUT2D eigenvalue weighted by molar-refractivity contribution is 0.0600. The predicted octanol–water partition coefficient (Wildman–Crippen LogP) is 16.4. The molecule has 0 aliphatic rings. The molecule has 0 aliphatic carbocycles. The molecule has 5 aromatic rings. The van der Waals surface area contributed by atoms with Crippen LogP contribution in [0.3, 0.4) is 0 Å². The Labute approximate surface area is 409 Å². The van der Waals surface area contributed by atoms with Gasteiger partial charge < -0.3 is 33.2 Å². The predicted molar refractivity (Wildman–Crippen MR) is 276 cm³/mol. The molecule has 0 heterocycles. The average Bonchev–Trinajstić information content (AvgIpc) is 3.38. The molecule has 5 rings (SSSR count). The van der Waals surface area contributed by atoms with E-state index in [9.17, 15) is 4.79 Å². The summed E-state index contributed by atoms with van der Waals surface area (Å²) in [5.74, 6) is 4.12. The van der Waals surface area contributed by atoms with E-state index in [-0.39, 0.29) is 5.97 Å². The molecule has 8 nitrogen and oxygen atoms in total. The summed E-state index contributed by atoms with van der Waals surface area (Å²) in [4.78, 5) is 11.7. The molecule has 68 heavy (non-hydrogen) atoms. The van der Waals surface area contributed by atoms with Gasteiger partial charge in [-0.25, -0.2) is 4.79 Å². The van der Waals surface area contributed by atoms with Crippen molar-refractivity contribution in [2.24, 2.45) is 0 Å². The van der Waals surface area contributed by atoms with Crippen molar-refractivity contribution in [3.8, 4) is 34.5 Å². The molecule has 0 saturated heterocycles. The Morgan fingerprint density at radius 1 is 0.338 bits per heavy atom. The third-order valence-corrected chi connectivity index (χ3v) is 12.2. The van der Waals surface area contributed by atoms with Crippen LogP contribution >= 0.6 is 0 Å². The lowest BCUT2D eigenvalue weighted by Crippen LogP contribution is -2.03. The van der Waals surface area contributed by atoms with Gasteiger partial charge in [0.1, 0.15) is 49.4 Å². The summed E-state index contributed by atoms with van der Waals surface area (Å²) in [5.41, 5.74) is 4.52. The molecular formula is C60H80O8. The Morgan fingerprint density at radius 3 is 1.07 bits per heavy atom. The van der Waals surface area contributed by atoms with Crippen molar-refractivity contribution in [3.63, 3.8) is 0 Å². The number of esters is 1. The summed E-state index contributed by atoms with van der Waals surface area (Å²) >= 11 is 0. The zero-order valence-electron chi connectivity index (χ0n) is 41.6. The normalized spacial score (nSPS) is 11.0. The number of carbonyl (C=O) groups is 1. The van der Waals surface area contributed by atoms with Crippen LogP contribution in [0.4, 0.5) is 0 Å². The Bertz CT molecular complexity index is 2060. The second kappa shape index (κ2) is 33.0. The molecular weight excluding hydrogens is 849 g/mol. The van der Waals surface area contributed by atoms with Gasteiger partial charge in [-0.1, -0.05) is 172 Å². The van der Waals surface area contributed by atoms with Crippen LogP contribution in [-0.4, -0.2) is 26.3 Å². The van der Waals surface area contributed by atoms with Crippen molar-refractivity contribution in [2.45, 2.75) is 169 Å². The second-order valence-corrected chi connectivity index (χ2v) is 17.9. The molecule has 0 spiro atoms. The minimum absolute atomic E-state index is 0.352. The van der Waals surface area contributed by atoms with Crippen LogP contribution in [0.15, 0.2) is 115 Å².